The molecule has 0 fully saturated rings. The van der Waals surface area contributed by atoms with Gasteiger partial charge in [0.2, 0.25) is 0 Å². The predicted octanol–water partition coefficient (Wildman–Crippen LogP) is -1.68. The Morgan fingerprint density at radius 1 is 1.40 bits per heavy atom. The first-order valence-corrected chi connectivity index (χ1v) is 1.64. The van der Waals surface area contributed by atoms with Crippen LogP contribution in [0.3, 0.4) is 0 Å². The zero-order valence-electron chi connectivity index (χ0n) is 2.77. The van der Waals surface area contributed by atoms with E-state index in [4.69, 9.17) is 11.5 Å². The third-order valence-electron chi connectivity index (χ3n) is 0. The van der Waals surface area contributed by atoms with E-state index in [0.29, 0.717) is 4.67 Å². The van der Waals surface area contributed by atoms with E-state index in [0.717, 1.165) is 0 Å². The minimum atomic E-state index is 0. The molecule has 0 aromatic carbocycles. The van der Waals surface area contributed by atoms with Crippen molar-refractivity contribution in [3.8, 4) is 0 Å². The van der Waals surface area contributed by atoms with Gasteiger partial charge >= 0.3 is 31.7 Å². The SMILES string of the molecule is N.NC(N)=[Se]. The Balaban J connectivity index is 0. The molecule has 0 spiro atoms. The van der Waals surface area contributed by atoms with Gasteiger partial charge in [-0.25, -0.2) is 0 Å². The molecule has 0 saturated carbocycles. The third kappa shape index (κ3) is 5880. The topological polar surface area (TPSA) is 87.0 Å². The van der Waals surface area contributed by atoms with Crippen molar-refractivity contribution in [3.63, 3.8) is 0 Å². The van der Waals surface area contributed by atoms with Crippen LogP contribution in [-0.2, 0) is 0 Å². The van der Waals surface area contributed by atoms with Gasteiger partial charge in [0.15, 0.2) is 0 Å². The molecule has 0 radical (unpaired) electrons. The summed E-state index contributed by atoms with van der Waals surface area (Å²) in [5.74, 6) is 0. The number of nitrogens with two attached hydrogens (primary N) is 2. The van der Waals surface area contributed by atoms with Gasteiger partial charge in [-0.1, -0.05) is 0 Å². The van der Waals surface area contributed by atoms with E-state index in [1.807, 2.05) is 0 Å². The fourth-order valence-corrected chi connectivity index (χ4v) is 0. The first-order chi connectivity index (χ1) is 1.73. The van der Waals surface area contributed by atoms with Crippen molar-refractivity contribution in [3.05, 3.63) is 0 Å². The van der Waals surface area contributed by atoms with Crippen LogP contribution in [-0.4, -0.2) is 20.2 Å². The Hall–Kier alpha value is -0.0505. The van der Waals surface area contributed by atoms with Gasteiger partial charge in [0, 0.05) is 0 Å². The van der Waals surface area contributed by atoms with Gasteiger partial charge in [0.25, 0.3) is 0 Å². The Morgan fingerprint density at radius 2 is 1.40 bits per heavy atom. The van der Waals surface area contributed by atoms with E-state index in [1.165, 1.54) is 0 Å². The molecule has 0 amide bonds. The summed E-state index contributed by atoms with van der Waals surface area (Å²) in [4.78, 5) is 0. The molecule has 7 N–H and O–H groups in total. The Labute approximate surface area is 38.7 Å². The van der Waals surface area contributed by atoms with Crippen LogP contribution in [0.4, 0.5) is 0 Å². The maximum atomic E-state index is 4.75. The van der Waals surface area contributed by atoms with Crippen molar-refractivity contribution in [1.29, 1.82) is 0 Å². The molecule has 3 nitrogen and oxygen atoms in total. The van der Waals surface area contributed by atoms with Crippen molar-refractivity contribution in [2.24, 2.45) is 11.5 Å². The minimum absolute atomic E-state index is 0. The second-order valence-corrected chi connectivity index (χ2v) is 1.39. The Kier molecular flexibility index (Phi) is 7.01. The van der Waals surface area contributed by atoms with E-state index >= 15 is 0 Å². The van der Waals surface area contributed by atoms with E-state index in [2.05, 4.69) is 15.6 Å². The molecule has 0 aromatic heterocycles. The summed E-state index contributed by atoms with van der Waals surface area (Å²) < 4.78 is 0.292. The number of hydrogen-bond donors (Lipinski definition) is 3. The molecule has 0 unspecified atom stereocenters. The zero-order chi connectivity index (χ0) is 3.58. The molecule has 0 aromatic rings. The van der Waals surface area contributed by atoms with Crippen LogP contribution in [0.25, 0.3) is 0 Å². The number of rotatable bonds is 0. The molecule has 0 saturated heterocycles. The van der Waals surface area contributed by atoms with Gasteiger partial charge in [-0.3, -0.25) is 0 Å². The summed E-state index contributed by atoms with van der Waals surface area (Å²) in [6, 6.07) is 0. The quantitative estimate of drug-likeness (QED) is 0.351. The van der Waals surface area contributed by atoms with Crippen LogP contribution >= 0.6 is 0 Å². The molecule has 4 heteroatoms. The molecule has 0 rings (SSSR count). The molecule has 0 atom stereocenters. The predicted molar refractivity (Wildman–Crippen MR) is 24.2 cm³/mol. The van der Waals surface area contributed by atoms with Crippen molar-refractivity contribution in [1.82, 2.24) is 6.15 Å². The third-order valence-corrected chi connectivity index (χ3v) is 0. The monoisotopic (exact) mass is 141 g/mol. The number of hydrogen-bond acceptors (Lipinski definition) is 3. The van der Waals surface area contributed by atoms with Crippen LogP contribution in [0, 0.1) is 0 Å². The fraction of sp³-hybridized carbons (Fsp3) is 0. The van der Waals surface area contributed by atoms with Gasteiger partial charge in [0.1, 0.15) is 0 Å². The summed E-state index contributed by atoms with van der Waals surface area (Å²) in [6.45, 7) is 0. The molecule has 0 aliphatic carbocycles. The average Bonchev–Trinajstić information content (AvgIpc) is 0.811. The summed E-state index contributed by atoms with van der Waals surface area (Å²) in [5.41, 5.74) is 9.50. The molecule has 0 aliphatic heterocycles. The van der Waals surface area contributed by atoms with Crippen LogP contribution in [0.1, 0.15) is 0 Å². The summed E-state index contributed by atoms with van der Waals surface area (Å²) in [7, 11) is 0. The summed E-state index contributed by atoms with van der Waals surface area (Å²) >= 11 is 2.38. The second-order valence-electron chi connectivity index (χ2n) is 0.402. The first-order valence-electron chi connectivity index (χ1n) is 0.781. The molecular weight excluding hydrogens is 133 g/mol. The Bertz CT molecular complexity index is 29.9. The van der Waals surface area contributed by atoms with E-state index in [9.17, 15) is 0 Å². The van der Waals surface area contributed by atoms with Gasteiger partial charge in [-0.2, -0.15) is 0 Å². The fourth-order valence-electron chi connectivity index (χ4n) is 0. The molecule has 0 aliphatic rings. The first kappa shape index (κ1) is 8.87. The van der Waals surface area contributed by atoms with Crippen LogP contribution < -0.4 is 17.6 Å². The van der Waals surface area contributed by atoms with Crippen molar-refractivity contribution < 1.29 is 0 Å². The Morgan fingerprint density at radius 3 is 1.40 bits per heavy atom. The summed E-state index contributed by atoms with van der Waals surface area (Å²) in [5, 5.41) is 0. The van der Waals surface area contributed by atoms with Crippen molar-refractivity contribution in [2.75, 3.05) is 0 Å². The average molecular weight is 140 g/mol. The van der Waals surface area contributed by atoms with E-state index in [1.54, 1.807) is 0 Å². The molecular formula is CH7N3Se. The molecule has 32 valence electrons. The zero-order valence-corrected chi connectivity index (χ0v) is 4.48. The van der Waals surface area contributed by atoms with Gasteiger partial charge in [-0.15, -0.1) is 0 Å². The van der Waals surface area contributed by atoms with Gasteiger partial charge < -0.3 is 6.15 Å². The van der Waals surface area contributed by atoms with E-state index < -0.39 is 0 Å². The van der Waals surface area contributed by atoms with Gasteiger partial charge in [0.05, 0.1) is 0 Å². The van der Waals surface area contributed by atoms with Crippen LogP contribution in [0.2, 0.25) is 0 Å². The van der Waals surface area contributed by atoms with Crippen LogP contribution in [0.5, 0.6) is 0 Å². The normalized spacial score (nSPS) is 4.80. The van der Waals surface area contributed by atoms with Crippen LogP contribution in [0.15, 0.2) is 0 Å². The van der Waals surface area contributed by atoms with Gasteiger partial charge in [-0.05, 0) is 0 Å². The molecule has 0 bridgehead atoms. The molecule has 5 heavy (non-hydrogen) atoms. The summed E-state index contributed by atoms with van der Waals surface area (Å²) in [6.07, 6.45) is 0. The second kappa shape index (κ2) is 3.95. The van der Waals surface area contributed by atoms with Crippen molar-refractivity contribution >= 4 is 20.2 Å². The van der Waals surface area contributed by atoms with E-state index in [-0.39, 0.29) is 6.15 Å². The molecule has 0 heterocycles. The standard InChI is InChI=1S/CH4N2Se.H3N/c2-1(3)4;/h(H4,2,3,4);1H3. The maximum absolute atomic E-state index is 4.75. The van der Waals surface area contributed by atoms with Crippen molar-refractivity contribution in [2.45, 2.75) is 0 Å².